The Bertz CT molecular complexity index is 1160. The molecule has 0 saturated carbocycles. The number of anilines is 1. The van der Waals surface area contributed by atoms with Gasteiger partial charge in [-0.1, -0.05) is 12.0 Å². The topological polar surface area (TPSA) is 67.2 Å². The third-order valence-corrected chi connectivity index (χ3v) is 4.96. The van der Waals surface area contributed by atoms with Crippen LogP contribution < -0.4 is 5.32 Å². The lowest BCUT2D eigenvalue weighted by Gasteiger charge is -2.17. The van der Waals surface area contributed by atoms with Gasteiger partial charge in [-0.05, 0) is 56.3 Å². The fourth-order valence-electron chi connectivity index (χ4n) is 3.24. The van der Waals surface area contributed by atoms with Crippen molar-refractivity contribution in [3.63, 3.8) is 0 Å². The fraction of sp³-hybridized carbons (Fsp3) is 0.208. The second kappa shape index (κ2) is 9.26. The van der Waals surface area contributed by atoms with Crippen LogP contribution >= 0.6 is 0 Å². The highest BCUT2D eigenvalue weighted by atomic mass is 19.1. The van der Waals surface area contributed by atoms with Crippen LogP contribution in [0, 0.1) is 32.0 Å². The van der Waals surface area contributed by atoms with E-state index in [2.05, 4.69) is 16.3 Å². The SMILES string of the molecule is C#Cc1cccc(NC(=O)CN(C)C(=O)Cc2c(C)nn(-c3ccc(F)cc3)c2C)c1. The lowest BCUT2D eigenvalue weighted by atomic mass is 10.1. The van der Waals surface area contributed by atoms with Gasteiger partial charge in [-0.3, -0.25) is 9.59 Å². The minimum atomic E-state index is -0.327. The van der Waals surface area contributed by atoms with Gasteiger partial charge in [-0.2, -0.15) is 5.10 Å². The number of amides is 2. The normalized spacial score (nSPS) is 10.4. The molecule has 0 spiro atoms. The van der Waals surface area contributed by atoms with Gasteiger partial charge in [0.1, 0.15) is 5.82 Å². The standard InChI is InChI=1S/C24H23FN4O2/c1-5-18-7-6-8-20(13-18)26-23(30)15-28(4)24(31)14-22-16(2)27-29(17(22)3)21-11-9-19(25)10-12-21/h1,6-13H,14-15H2,2-4H3,(H,26,30). The zero-order valence-corrected chi connectivity index (χ0v) is 17.6. The Morgan fingerprint density at radius 3 is 2.58 bits per heavy atom. The summed E-state index contributed by atoms with van der Waals surface area (Å²) < 4.78 is 14.9. The Hall–Kier alpha value is -3.92. The zero-order valence-electron chi connectivity index (χ0n) is 17.6. The Morgan fingerprint density at radius 2 is 1.90 bits per heavy atom. The van der Waals surface area contributed by atoms with E-state index in [-0.39, 0.29) is 30.6 Å². The van der Waals surface area contributed by atoms with Gasteiger partial charge in [0.25, 0.3) is 0 Å². The highest BCUT2D eigenvalue weighted by Crippen LogP contribution is 2.19. The van der Waals surface area contributed by atoms with Crippen LogP contribution in [0.25, 0.3) is 5.69 Å². The summed E-state index contributed by atoms with van der Waals surface area (Å²) in [4.78, 5) is 26.4. The molecule has 0 aliphatic rings. The molecule has 0 fully saturated rings. The smallest absolute Gasteiger partial charge is 0.243 e. The fourth-order valence-corrected chi connectivity index (χ4v) is 3.24. The molecule has 158 valence electrons. The van der Waals surface area contributed by atoms with Gasteiger partial charge >= 0.3 is 0 Å². The third-order valence-electron chi connectivity index (χ3n) is 4.96. The first kappa shape index (κ1) is 21.8. The monoisotopic (exact) mass is 418 g/mol. The van der Waals surface area contributed by atoms with Crippen LogP contribution in [0.3, 0.4) is 0 Å². The first-order valence-electron chi connectivity index (χ1n) is 9.70. The molecule has 1 heterocycles. The first-order valence-corrected chi connectivity index (χ1v) is 9.70. The van der Waals surface area contributed by atoms with Crippen molar-refractivity contribution in [1.82, 2.24) is 14.7 Å². The lowest BCUT2D eigenvalue weighted by Crippen LogP contribution is -2.36. The number of benzene rings is 2. The van der Waals surface area contributed by atoms with Gasteiger partial charge < -0.3 is 10.2 Å². The van der Waals surface area contributed by atoms with E-state index in [4.69, 9.17) is 6.42 Å². The molecular formula is C24H23FN4O2. The Kier molecular flexibility index (Phi) is 6.51. The number of nitrogens with one attached hydrogen (secondary N) is 1. The highest BCUT2D eigenvalue weighted by Gasteiger charge is 2.19. The van der Waals surface area contributed by atoms with E-state index < -0.39 is 0 Å². The molecule has 3 rings (SSSR count). The molecule has 0 unspecified atom stereocenters. The number of rotatable bonds is 6. The number of carbonyl (C=O) groups excluding carboxylic acids is 2. The molecular weight excluding hydrogens is 395 g/mol. The summed E-state index contributed by atoms with van der Waals surface area (Å²) in [6, 6.07) is 12.9. The summed E-state index contributed by atoms with van der Waals surface area (Å²) in [5.41, 5.74) is 4.23. The van der Waals surface area contributed by atoms with E-state index in [1.807, 2.05) is 13.8 Å². The lowest BCUT2D eigenvalue weighted by molar-refractivity contribution is -0.132. The number of carbonyl (C=O) groups is 2. The highest BCUT2D eigenvalue weighted by molar-refractivity contribution is 5.94. The maximum Gasteiger partial charge on any atom is 0.243 e. The van der Waals surface area contributed by atoms with Gasteiger partial charge in [0.2, 0.25) is 11.8 Å². The van der Waals surface area contributed by atoms with Crippen LogP contribution in [-0.4, -0.2) is 40.1 Å². The molecule has 3 aromatic rings. The van der Waals surface area contributed by atoms with Gasteiger partial charge in [-0.15, -0.1) is 6.42 Å². The molecule has 2 amide bonds. The van der Waals surface area contributed by atoms with E-state index in [1.54, 1.807) is 48.1 Å². The summed E-state index contributed by atoms with van der Waals surface area (Å²) >= 11 is 0. The number of terminal acetylenes is 1. The second-order valence-electron chi connectivity index (χ2n) is 7.24. The Labute approximate surface area is 180 Å². The van der Waals surface area contributed by atoms with Crippen LogP contribution in [0.5, 0.6) is 0 Å². The number of aromatic nitrogens is 2. The Morgan fingerprint density at radius 1 is 1.19 bits per heavy atom. The molecule has 2 aromatic carbocycles. The quantitative estimate of drug-likeness (QED) is 0.625. The zero-order chi connectivity index (χ0) is 22.5. The number of nitrogens with zero attached hydrogens (tertiary/aromatic N) is 3. The third kappa shape index (κ3) is 5.17. The summed E-state index contributed by atoms with van der Waals surface area (Å²) in [5, 5.41) is 7.23. The maximum atomic E-state index is 13.2. The molecule has 0 radical (unpaired) electrons. The molecule has 6 nitrogen and oxygen atoms in total. The van der Waals surface area contributed by atoms with E-state index >= 15 is 0 Å². The van der Waals surface area contributed by atoms with Crippen LogP contribution in [0.4, 0.5) is 10.1 Å². The molecule has 1 aromatic heterocycles. The largest absolute Gasteiger partial charge is 0.336 e. The summed E-state index contributed by atoms with van der Waals surface area (Å²) in [7, 11) is 1.58. The number of halogens is 1. The predicted molar refractivity (Wildman–Crippen MR) is 117 cm³/mol. The molecule has 0 atom stereocenters. The minimum Gasteiger partial charge on any atom is -0.336 e. The summed E-state index contributed by atoms with van der Waals surface area (Å²) in [6.07, 6.45) is 5.48. The van der Waals surface area contributed by atoms with Gasteiger partial charge in [0.05, 0.1) is 24.3 Å². The average Bonchev–Trinajstić information content (AvgIpc) is 3.02. The van der Waals surface area contributed by atoms with Crippen molar-refractivity contribution in [1.29, 1.82) is 0 Å². The van der Waals surface area contributed by atoms with Crippen LogP contribution in [0.1, 0.15) is 22.5 Å². The summed E-state index contributed by atoms with van der Waals surface area (Å²) in [6.45, 7) is 3.58. The Balaban J connectivity index is 1.66. The van der Waals surface area contributed by atoms with Crippen molar-refractivity contribution in [2.75, 3.05) is 18.9 Å². The van der Waals surface area contributed by atoms with Crippen molar-refractivity contribution in [2.45, 2.75) is 20.3 Å². The van der Waals surface area contributed by atoms with Gasteiger partial charge in [0.15, 0.2) is 0 Å². The summed E-state index contributed by atoms with van der Waals surface area (Å²) in [5.74, 6) is 1.65. The van der Waals surface area contributed by atoms with Gasteiger partial charge in [-0.25, -0.2) is 9.07 Å². The minimum absolute atomic E-state index is 0.0939. The predicted octanol–water partition coefficient (Wildman–Crippen LogP) is 3.25. The second-order valence-corrected chi connectivity index (χ2v) is 7.24. The number of hydrogen-bond acceptors (Lipinski definition) is 3. The van der Waals surface area contributed by atoms with E-state index in [0.29, 0.717) is 22.6 Å². The van der Waals surface area contributed by atoms with Crippen molar-refractivity contribution in [2.24, 2.45) is 0 Å². The first-order chi connectivity index (χ1) is 14.8. The molecule has 0 bridgehead atoms. The van der Waals surface area contributed by atoms with Gasteiger partial charge in [0, 0.05) is 29.6 Å². The molecule has 7 heteroatoms. The molecule has 1 N–H and O–H groups in total. The number of aryl methyl sites for hydroxylation is 1. The molecule has 0 aliphatic heterocycles. The van der Waals surface area contributed by atoms with Crippen molar-refractivity contribution in [3.05, 3.63) is 76.9 Å². The number of hydrogen-bond donors (Lipinski definition) is 1. The molecule has 0 aliphatic carbocycles. The van der Waals surface area contributed by atoms with E-state index in [9.17, 15) is 14.0 Å². The maximum absolute atomic E-state index is 13.2. The van der Waals surface area contributed by atoms with E-state index in [1.165, 1.54) is 17.0 Å². The van der Waals surface area contributed by atoms with Crippen molar-refractivity contribution < 1.29 is 14.0 Å². The van der Waals surface area contributed by atoms with Crippen LogP contribution in [0.15, 0.2) is 48.5 Å². The molecule has 0 saturated heterocycles. The van der Waals surface area contributed by atoms with Crippen LogP contribution in [0.2, 0.25) is 0 Å². The van der Waals surface area contributed by atoms with Crippen LogP contribution in [-0.2, 0) is 16.0 Å². The van der Waals surface area contributed by atoms with Crippen molar-refractivity contribution in [3.8, 4) is 18.0 Å². The van der Waals surface area contributed by atoms with E-state index in [0.717, 1.165) is 11.3 Å². The van der Waals surface area contributed by atoms with Crippen molar-refractivity contribution >= 4 is 17.5 Å². The number of likely N-dealkylation sites (N-methyl/N-ethyl adjacent to an activating group) is 1. The molecule has 31 heavy (non-hydrogen) atoms. The average molecular weight is 418 g/mol.